The smallest absolute Gasteiger partial charge is 0.259 e. The van der Waals surface area contributed by atoms with Crippen molar-refractivity contribution in [3.63, 3.8) is 0 Å². The van der Waals surface area contributed by atoms with Crippen molar-refractivity contribution in [2.24, 2.45) is 5.92 Å². The summed E-state index contributed by atoms with van der Waals surface area (Å²) in [6.45, 7) is 3.54. The predicted molar refractivity (Wildman–Crippen MR) is 101 cm³/mol. The van der Waals surface area contributed by atoms with Crippen LogP contribution in [0.15, 0.2) is 23.8 Å². The Balaban J connectivity index is 0.00000182. The fraction of sp³-hybridized carbons (Fsp3) is 0.467. The van der Waals surface area contributed by atoms with Crippen LogP contribution in [-0.4, -0.2) is 57.8 Å². The van der Waals surface area contributed by atoms with Crippen molar-refractivity contribution in [3.05, 3.63) is 23.8 Å². The van der Waals surface area contributed by atoms with Gasteiger partial charge in [0.05, 0.1) is 11.2 Å². The van der Waals surface area contributed by atoms with Gasteiger partial charge in [-0.15, -0.1) is 24.2 Å². The number of H-pyrrole nitrogens is 1. The molecule has 1 amide bonds. The number of anilines is 1. The van der Waals surface area contributed by atoms with Gasteiger partial charge < -0.3 is 20.5 Å². The van der Waals surface area contributed by atoms with Crippen LogP contribution in [-0.2, 0) is 4.79 Å². The van der Waals surface area contributed by atoms with E-state index in [-0.39, 0.29) is 18.3 Å². The summed E-state index contributed by atoms with van der Waals surface area (Å²) in [5, 5.41) is 6.37. The minimum absolute atomic E-state index is 0. The summed E-state index contributed by atoms with van der Waals surface area (Å²) in [7, 11) is 0. The Morgan fingerprint density at radius 1 is 1.40 bits per heavy atom. The Bertz CT molecular complexity index is 774. The number of hydrogen-bond acceptors (Lipinski definition) is 7. The summed E-state index contributed by atoms with van der Waals surface area (Å²) in [6.07, 6.45) is 6.10. The quantitative estimate of drug-likeness (QED) is 0.723. The highest BCUT2D eigenvalue weighted by molar-refractivity contribution is 8.04. The largest absolute Gasteiger partial charge is 0.351 e. The number of carbonyl (C=O) groups excluding carboxylic acids is 1. The lowest BCUT2D eigenvalue weighted by molar-refractivity contribution is -0.117. The van der Waals surface area contributed by atoms with Crippen molar-refractivity contribution in [1.82, 2.24) is 30.6 Å². The lowest BCUT2D eigenvalue weighted by atomic mass is 10.1. The second-order valence-electron chi connectivity index (χ2n) is 5.90. The van der Waals surface area contributed by atoms with Crippen LogP contribution in [0.5, 0.6) is 0 Å². The fourth-order valence-electron chi connectivity index (χ4n) is 2.97. The molecule has 0 unspecified atom stereocenters. The first-order valence-electron chi connectivity index (χ1n) is 8.05. The highest BCUT2D eigenvalue weighted by Crippen LogP contribution is 2.27. The molecule has 134 valence electrons. The summed E-state index contributed by atoms with van der Waals surface area (Å²) in [6, 6.07) is 0. The molecule has 1 fully saturated rings. The lowest BCUT2D eigenvalue weighted by Gasteiger charge is -2.25. The van der Waals surface area contributed by atoms with Crippen LogP contribution in [0.3, 0.4) is 0 Å². The first-order chi connectivity index (χ1) is 11.8. The van der Waals surface area contributed by atoms with Gasteiger partial charge in [0.2, 0.25) is 0 Å². The molecule has 1 saturated heterocycles. The summed E-state index contributed by atoms with van der Waals surface area (Å²) in [4.78, 5) is 30.9. The van der Waals surface area contributed by atoms with Crippen molar-refractivity contribution in [1.29, 1.82) is 0 Å². The Hall–Kier alpha value is -1.84. The second kappa shape index (κ2) is 8.03. The van der Waals surface area contributed by atoms with E-state index in [1.165, 1.54) is 6.33 Å². The van der Waals surface area contributed by atoms with Gasteiger partial charge in [0, 0.05) is 25.0 Å². The molecule has 2 aromatic rings. The normalized spacial score (nSPS) is 20.2. The van der Waals surface area contributed by atoms with Gasteiger partial charge in [0.15, 0.2) is 11.5 Å². The number of fused-ring (bicyclic) bond motifs is 1. The second-order valence-corrected chi connectivity index (χ2v) is 7.04. The third-order valence-electron chi connectivity index (χ3n) is 4.28. The number of aromatic amines is 1. The zero-order chi connectivity index (χ0) is 16.4. The molecule has 0 bridgehead atoms. The molecule has 10 heteroatoms. The minimum atomic E-state index is -0.00786. The summed E-state index contributed by atoms with van der Waals surface area (Å²) >= 11 is 1.58. The van der Waals surface area contributed by atoms with Crippen molar-refractivity contribution in [3.8, 4) is 0 Å². The number of aromatic nitrogens is 4. The van der Waals surface area contributed by atoms with E-state index in [4.69, 9.17) is 0 Å². The Morgan fingerprint density at radius 3 is 3.16 bits per heavy atom. The maximum absolute atomic E-state index is 12.4. The topological polar surface area (TPSA) is 98.8 Å². The number of imidazole rings is 1. The number of nitrogens with one attached hydrogen (secondary N) is 3. The van der Waals surface area contributed by atoms with Crippen molar-refractivity contribution in [2.75, 3.05) is 36.8 Å². The maximum atomic E-state index is 12.4. The zero-order valence-electron chi connectivity index (χ0n) is 13.6. The van der Waals surface area contributed by atoms with Crippen LogP contribution in [0.1, 0.15) is 6.42 Å². The SMILES string of the molecule is Cl.O=C(NC[C@H]1CCNC1)C1=CN(c2ncnc3nc[nH]c23)CCS1. The fourth-order valence-corrected chi connectivity index (χ4v) is 3.88. The number of halogens is 1. The van der Waals surface area contributed by atoms with Gasteiger partial charge in [-0.1, -0.05) is 0 Å². The lowest BCUT2D eigenvalue weighted by Crippen LogP contribution is -2.34. The van der Waals surface area contributed by atoms with E-state index in [1.54, 1.807) is 18.1 Å². The number of nitrogens with zero attached hydrogens (tertiary/aromatic N) is 4. The molecule has 2 aliphatic heterocycles. The van der Waals surface area contributed by atoms with Gasteiger partial charge in [0.1, 0.15) is 11.8 Å². The molecule has 4 rings (SSSR count). The van der Waals surface area contributed by atoms with Crippen LogP contribution in [0, 0.1) is 5.92 Å². The molecule has 0 spiro atoms. The molecular formula is C15H20ClN7OS. The third kappa shape index (κ3) is 3.88. The van der Waals surface area contributed by atoms with Gasteiger partial charge in [-0.25, -0.2) is 15.0 Å². The van der Waals surface area contributed by atoms with E-state index < -0.39 is 0 Å². The number of thioether (sulfide) groups is 1. The molecule has 2 aromatic heterocycles. The molecule has 3 N–H and O–H groups in total. The zero-order valence-corrected chi connectivity index (χ0v) is 15.2. The van der Waals surface area contributed by atoms with Crippen LogP contribution in [0.2, 0.25) is 0 Å². The summed E-state index contributed by atoms with van der Waals surface area (Å²) in [5.41, 5.74) is 1.42. The standard InChI is InChI=1S/C15H19N7OS.ClH/c23-15(17-6-10-1-2-16-5-10)11-7-22(3-4-24-11)14-12-13(19-8-18-12)20-9-21-14;/h7-10,16H,1-6H2,(H,17,23)(H,18,19,20,21);1H/t10-;/m0./s1. The molecule has 25 heavy (non-hydrogen) atoms. The molecule has 8 nitrogen and oxygen atoms in total. The Kier molecular flexibility index (Phi) is 5.77. The van der Waals surface area contributed by atoms with Crippen LogP contribution >= 0.6 is 24.2 Å². The first-order valence-corrected chi connectivity index (χ1v) is 9.04. The van der Waals surface area contributed by atoms with E-state index >= 15 is 0 Å². The van der Waals surface area contributed by atoms with E-state index in [9.17, 15) is 4.79 Å². The average Bonchev–Trinajstić information content (AvgIpc) is 3.30. The summed E-state index contributed by atoms with van der Waals surface area (Å²) < 4.78 is 0. The number of rotatable bonds is 4. The van der Waals surface area contributed by atoms with Gasteiger partial charge in [0.25, 0.3) is 5.91 Å². The van der Waals surface area contributed by atoms with Crippen molar-refractivity contribution >= 4 is 47.1 Å². The van der Waals surface area contributed by atoms with E-state index in [0.29, 0.717) is 11.6 Å². The third-order valence-corrected chi connectivity index (χ3v) is 5.26. The van der Waals surface area contributed by atoms with Gasteiger partial charge in [-0.2, -0.15) is 0 Å². The predicted octanol–water partition coefficient (Wildman–Crippen LogP) is 0.895. The van der Waals surface area contributed by atoms with Crippen molar-refractivity contribution in [2.45, 2.75) is 6.42 Å². The Labute approximate surface area is 155 Å². The maximum Gasteiger partial charge on any atom is 0.259 e. The molecular weight excluding hydrogens is 362 g/mol. The molecule has 0 saturated carbocycles. The van der Waals surface area contributed by atoms with Crippen LogP contribution < -0.4 is 15.5 Å². The van der Waals surface area contributed by atoms with E-state index in [1.807, 2.05) is 11.1 Å². The van der Waals surface area contributed by atoms with Gasteiger partial charge >= 0.3 is 0 Å². The van der Waals surface area contributed by atoms with Crippen molar-refractivity contribution < 1.29 is 4.79 Å². The van der Waals surface area contributed by atoms with E-state index in [2.05, 4.69) is 30.6 Å². The number of hydrogen-bond donors (Lipinski definition) is 3. The molecule has 0 aliphatic carbocycles. The molecule has 1 atom stereocenters. The Morgan fingerprint density at radius 2 is 2.32 bits per heavy atom. The van der Waals surface area contributed by atoms with Crippen LogP contribution in [0.25, 0.3) is 11.2 Å². The monoisotopic (exact) mass is 381 g/mol. The average molecular weight is 382 g/mol. The molecule has 4 heterocycles. The molecule has 2 aliphatic rings. The van der Waals surface area contributed by atoms with E-state index in [0.717, 1.165) is 54.6 Å². The molecule has 0 radical (unpaired) electrons. The highest BCUT2D eigenvalue weighted by Gasteiger charge is 2.22. The first kappa shape index (κ1) is 18.0. The summed E-state index contributed by atoms with van der Waals surface area (Å²) in [5.74, 6) is 2.12. The minimum Gasteiger partial charge on any atom is -0.351 e. The number of carbonyl (C=O) groups is 1. The molecule has 0 aromatic carbocycles. The van der Waals surface area contributed by atoms with Crippen LogP contribution in [0.4, 0.5) is 5.82 Å². The van der Waals surface area contributed by atoms with Gasteiger partial charge in [-0.05, 0) is 25.4 Å². The van der Waals surface area contributed by atoms with Gasteiger partial charge in [-0.3, -0.25) is 4.79 Å². The number of amides is 1. The highest BCUT2D eigenvalue weighted by atomic mass is 35.5.